The van der Waals surface area contributed by atoms with Gasteiger partial charge in [-0.3, -0.25) is 9.59 Å². The number of halogens is 1. The molecule has 0 aromatic heterocycles. The van der Waals surface area contributed by atoms with Crippen molar-refractivity contribution in [3.05, 3.63) is 28.2 Å². The van der Waals surface area contributed by atoms with Crippen molar-refractivity contribution in [2.24, 2.45) is 0 Å². The van der Waals surface area contributed by atoms with E-state index in [0.717, 1.165) is 20.6 Å². The van der Waals surface area contributed by atoms with Crippen LogP contribution >= 0.6 is 15.9 Å². The summed E-state index contributed by atoms with van der Waals surface area (Å²) in [5, 5.41) is 5.62. The van der Waals surface area contributed by atoms with E-state index in [0.29, 0.717) is 19.6 Å². The number of benzene rings is 1. The lowest BCUT2D eigenvalue weighted by molar-refractivity contribution is -0.869. The van der Waals surface area contributed by atoms with Crippen molar-refractivity contribution in [2.45, 2.75) is 13.8 Å². The first-order valence-corrected chi connectivity index (χ1v) is 7.29. The third kappa shape index (κ3) is 6.16. The van der Waals surface area contributed by atoms with Crippen molar-refractivity contribution in [1.29, 1.82) is 0 Å². The topological polar surface area (TPSA) is 62.6 Å². The molecular formula is C14H21BrN3O2+. The van der Waals surface area contributed by atoms with Crippen LogP contribution in [0.2, 0.25) is 0 Å². The second kappa shape index (κ2) is 8.01. The Bertz CT molecular complexity index is 491. The van der Waals surface area contributed by atoms with E-state index in [1.54, 1.807) is 0 Å². The van der Waals surface area contributed by atoms with E-state index in [1.165, 1.54) is 6.92 Å². The molecule has 0 radical (unpaired) electrons. The molecule has 5 nitrogen and oxygen atoms in total. The number of hydrogen-bond donors (Lipinski definition) is 3. The van der Waals surface area contributed by atoms with Gasteiger partial charge < -0.3 is 15.5 Å². The molecule has 0 aliphatic heterocycles. The maximum atomic E-state index is 11.9. The fraction of sp³-hybridized carbons (Fsp3) is 0.429. The maximum Gasteiger partial charge on any atom is 0.279 e. The number of carbonyl (C=O) groups is 2. The maximum absolute atomic E-state index is 11.9. The van der Waals surface area contributed by atoms with E-state index in [1.807, 2.05) is 32.2 Å². The van der Waals surface area contributed by atoms with Gasteiger partial charge in [-0.05, 0) is 30.7 Å². The van der Waals surface area contributed by atoms with E-state index < -0.39 is 0 Å². The average Bonchev–Trinajstić information content (AvgIpc) is 2.32. The van der Waals surface area contributed by atoms with Crippen LogP contribution in [-0.2, 0) is 9.59 Å². The van der Waals surface area contributed by atoms with Crippen LogP contribution in [0.4, 0.5) is 5.69 Å². The van der Waals surface area contributed by atoms with Crippen LogP contribution in [0.1, 0.15) is 12.5 Å². The Labute approximate surface area is 127 Å². The summed E-state index contributed by atoms with van der Waals surface area (Å²) in [5.41, 5.74) is 1.84. The van der Waals surface area contributed by atoms with Crippen molar-refractivity contribution in [1.82, 2.24) is 5.32 Å². The zero-order valence-electron chi connectivity index (χ0n) is 12.0. The van der Waals surface area contributed by atoms with Gasteiger partial charge >= 0.3 is 0 Å². The molecule has 0 saturated carbocycles. The number of nitrogens with one attached hydrogen (secondary N) is 3. The van der Waals surface area contributed by atoms with Crippen LogP contribution in [0.3, 0.4) is 0 Å². The van der Waals surface area contributed by atoms with Crippen molar-refractivity contribution in [2.75, 3.05) is 32.0 Å². The number of rotatable bonds is 6. The Kier molecular flexibility index (Phi) is 6.67. The first kappa shape index (κ1) is 16.7. The molecule has 110 valence electrons. The summed E-state index contributed by atoms with van der Waals surface area (Å²) in [7, 11) is 1.93. The van der Waals surface area contributed by atoms with Gasteiger partial charge in [0.2, 0.25) is 5.91 Å². The van der Waals surface area contributed by atoms with Gasteiger partial charge in [-0.25, -0.2) is 0 Å². The minimum atomic E-state index is -0.0484. The van der Waals surface area contributed by atoms with Gasteiger partial charge in [0.25, 0.3) is 5.91 Å². The number of amides is 2. The fourth-order valence-corrected chi connectivity index (χ4v) is 2.25. The predicted molar refractivity (Wildman–Crippen MR) is 82.8 cm³/mol. The molecule has 0 aliphatic rings. The molecule has 0 bridgehead atoms. The van der Waals surface area contributed by atoms with Gasteiger partial charge in [-0.15, -0.1) is 0 Å². The van der Waals surface area contributed by atoms with Crippen LogP contribution in [0.25, 0.3) is 0 Å². The van der Waals surface area contributed by atoms with Gasteiger partial charge in [0.05, 0.1) is 20.1 Å². The van der Waals surface area contributed by atoms with Gasteiger partial charge in [-0.2, -0.15) is 0 Å². The van der Waals surface area contributed by atoms with Crippen molar-refractivity contribution in [3.63, 3.8) is 0 Å². The molecule has 0 heterocycles. The zero-order valence-corrected chi connectivity index (χ0v) is 13.6. The summed E-state index contributed by atoms with van der Waals surface area (Å²) in [5.74, 6) is -0.0801. The molecule has 0 spiro atoms. The van der Waals surface area contributed by atoms with E-state index in [-0.39, 0.29) is 11.8 Å². The molecule has 6 heteroatoms. The second-order valence-electron chi connectivity index (χ2n) is 4.87. The second-order valence-corrected chi connectivity index (χ2v) is 5.79. The Morgan fingerprint density at radius 2 is 2.05 bits per heavy atom. The van der Waals surface area contributed by atoms with Gasteiger partial charge in [0.15, 0.2) is 6.54 Å². The lowest BCUT2D eigenvalue weighted by Gasteiger charge is -2.14. The van der Waals surface area contributed by atoms with E-state index >= 15 is 0 Å². The highest BCUT2D eigenvalue weighted by molar-refractivity contribution is 9.10. The minimum Gasteiger partial charge on any atom is -0.351 e. The molecule has 1 atom stereocenters. The monoisotopic (exact) mass is 342 g/mol. The molecule has 1 rings (SSSR count). The number of hydrogen-bond acceptors (Lipinski definition) is 2. The van der Waals surface area contributed by atoms with Crippen LogP contribution in [0.5, 0.6) is 0 Å². The molecule has 3 N–H and O–H groups in total. The first-order chi connectivity index (χ1) is 9.38. The van der Waals surface area contributed by atoms with Crippen LogP contribution in [0.15, 0.2) is 22.7 Å². The SMILES string of the molecule is CC(=O)NCC[NH+](C)CC(=O)Nc1ccc(Br)cc1C. The van der Waals surface area contributed by atoms with E-state index in [4.69, 9.17) is 0 Å². The number of aryl methyl sites for hydroxylation is 1. The third-order valence-electron chi connectivity index (χ3n) is 2.85. The van der Waals surface area contributed by atoms with Gasteiger partial charge in [0, 0.05) is 17.1 Å². The summed E-state index contributed by atoms with van der Waals surface area (Å²) in [4.78, 5) is 23.7. The Hall–Kier alpha value is -1.40. The lowest BCUT2D eigenvalue weighted by Crippen LogP contribution is -3.10. The standard InChI is InChI=1S/C14H20BrN3O2/c1-10-8-12(15)4-5-13(10)17-14(20)9-18(3)7-6-16-11(2)19/h4-5,8H,6-7,9H2,1-3H3,(H,16,19)(H,17,20)/p+1. The number of quaternary nitrogens is 1. The molecule has 1 unspecified atom stereocenters. The smallest absolute Gasteiger partial charge is 0.279 e. The normalized spacial score (nSPS) is 11.8. The first-order valence-electron chi connectivity index (χ1n) is 6.50. The minimum absolute atomic E-state index is 0.0317. The Morgan fingerprint density at radius 1 is 1.35 bits per heavy atom. The molecule has 2 amide bonds. The summed E-state index contributed by atoms with van der Waals surface area (Å²) >= 11 is 3.39. The molecule has 0 fully saturated rings. The third-order valence-corrected chi connectivity index (χ3v) is 3.34. The largest absolute Gasteiger partial charge is 0.351 e. The molecular weight excluding hydrogens is 322 g/mol. The molecule has 1 aromatic carbocycles. The lowest BCUT2D eigenvalue weighted by atomic mass is 10.2. The molecule has 0 saturated heterocycles. The van der Waals surface area contributed by atoms with Crippen LogP contribution < -0.4 is 15.5 Å². The fourth-order valence-electron chi connectivity index (χ4n) is 1.78. The Morgan fingerprint density at radius 3 is 2.65 bits per heavy atom. The molecule has 20 heavy (non-hydrogen) atoms. The molecule has 1 aromatic rings. The van der Waals surface area contributed by atoms with E-state index in [2.05, 4.69) is 26.6 Å². The highest BCUT2D eigenvalue weighted by Gasteiger charge is 2.11. The van der Waals surface area contributed by atoms with Crippen LogP contribution in [-0.4, -0.2) is 38.5 Å². The predicted octanol–water partition coefficient (Wildman–Crippen LogP) is 0.347. The Balaban J connectivity index is 2.41. The molecule has 0 aliphatic carbocycles. The summed E-state index contributed by atoms with van der Waals surface area (Å²) < 4.78 is 0.992. The zero-order chi connectivity index (χ0) is 15.1. The van der Waals surface area contributed by atoms with E-state index in [9.17, 15) is 9.59 Å². The number of carbonyl (C=O) groups excluding carboxylic acids is 2. The summed E-state index contributed by atoms with van der Waals surface area (Å²) in [6.45, 7) is 5.10. The van der Waals surface area contributed by atoms with Gasteiger partial charge in [-0.1, -0.05) is 15.9 Å². The highest BCUT2D eigenvalue weighted by atomic mass is 79.9. The number of likely N-dealkylation sites (N-methyl/N-ethyl adjacent to an activating group) is 1. The summed E-state index contributed by atoms with van der Waals surface area (Å²) in [6.07, 6.45) is 0. The van der Waals surface area contributed by atoms with Crippen molar-refractivity contribution in [3.8, 4) is 0 Å². The van der Waals surface area contributed by atoms with Gasteiger partial charge in [0.1, 0.15) is 0 Å². The quantitative estimate of drug-likeness (QED) is 0.698. The highest BCUT2D eigenvalue weighted by Crippen LogP contribution is 2.19. The van der Waals surface area contributed by atoms with Crippen molar-refractivity contribution < 1.29 is 14.5 Å². The average molecular weight is 343 g/mol. The number of anilines is 1. The van der Waals surface area contributed by atoms with Crippen LogP contribution in [0, 0.1) is 6.92 Å². The summed E-state index contributed by atoms with van der Waals surface area (Å²) in [6, 6.07) is 5.74. The van der Waals surface area contributed by atoms with Crippen molar-refractivity contribution >= 4 is 33.4 Å².